The average molecular weight is 327 g/mol. The molecular formula is C18H22BNO4. The lowest BCUT2D eigenvalue weighted by molar-refractivity contribution is 0.230. The lowest BCUT2D eigenvalue weighted by Gasteiger charge is -2.15. The number of pyridine rings is 1. The van der Waals surface area contributed by atoms with Crippen molar-refractivity contribution in [3.8, 4) is 22.6 Å². The first-order valence-electron chi connectivity index (χ1n) is 8.16. The Kier molecular flexibility index (Phi) is 5.07. The van der Waals surface area contributed by atoms with Gasteiger partial charge in [-0.05, 0) is 49.5 Å². The summed E-state index contributed by atoms with van der Waals surface area (Å²) >= 11 is 0. The number of rotatable bonds is 5. The van der Waals surface area contributed by atoms with Gasteiger partial charge in [0, 0.05) is 30.5 Å². The normalized spacial score (nSPS) is 17.4. The van der Waals surface area contributed by atoms with E-state index < -0.39 is 7.12 Å². The molecule has 2 aromatic rings. The minimum atomic E-state index is -0.675. The van der Waals surface area contributed by atoms with Crippen molar-refractivity contribution in [1.29, 1.82) is 0 Å². The highest BCUT2D eigenvalue weighted by Crippen LogP contribution is 2.35. The smallest absolute Gasteiger partial charge is 0.454 e. The Balaban J connectivity index is 1.91. The number of benzene rings is 1. The molecule has 5 nitrogen and oxygen atoms in total. The van der Waals surface area contributed by atoms with Crippen LogP contribution in [0.3, 0.4) is 0 Å². The van der Waals surface area contributed by atoms with Crippen molar-refractivity contribution in [2.45, 2.75) is 32.2 Å². The number of nitrogens with zero attached hydrogens (tertiary/aromatic N) is 1. The number of aromatic nitrogens is 1. The summed E-state index contributed by atoms with van der Waals surface area (Å²) in [5.74, 6) is 1.61. The van der Waals surface area contributed by atoms with Gasteiger partial charge in [0.15, 0.2) is 11.5 Å². The van der Waals surface area contributed by atoms with E-state index >= 15 is 0 Å². The maximum atomic E-state index is 9.55. The van der Waals surface area contributed by atoms with Crippen LogP contribution in [0.15, 0.2) is 36.7 Å². The molecule has 0 radical (unpaired) electrons. The van der Waals surface area contributed by atoms with Crippen LogP contribution in [0.2, 0.25) is 6.32 Å². The summed E-state index contributed by atoms with van der Waals surface area (Å²) in [7, 11) is 0.959. The fourth-order valence-electron chi connectivity index (χ4n) is 2.88. The van der Waals surface area contributed by atoms with Gasteiger partial charge in [0.25, 0.3) is 0 Å². The van der Waals surface area contributed by atoms with E-state index in [4.69, 9.17) is 14.1 Å². The Morgan fingerprint density at radius 1 is 1.21 bits per heavy atom. The first kappa shape index (κ1) is 16.8. The van der Waals surface area contributed by atoms with Crippen LogP contribution in [0, 0.1) is 0 Å². The summed E-state index contributed by atoms with van der Waals surface area (Å²) in [5, 5.41) is 9.55. The number of hydrogen-bond donors (Lipinski definition) is 1. The van der Waals surface area contributed by atoms with Gasteiger partial charge in [-0.3, -0.25) is 4.98 Å². The van der Waals surface area contributed by atoms with Crippen molar-refractivity contribution in [3.05, 3.63) is 42.2 Å². The largest absolute Gasteiger partial charge is 0.493 e. The molecule has 24 heavy (non-hydrogen) atoms. The predicted molar refractivity (Wildman–Crippen MR) is 93.5 cm³/mol. The zero-order chi connectivity index (χ0) is 17.1. The highest BCUT2D eigenvalue weighted by molar-refractivity contribution is 6.43. The number of hydrogen-bond acceptors (Lipinski definition) is 5. The number of ether oxygens (including phenoxy) is 2. The molecule has 0 spiro atoms. The van der Waals surface area contributed by atoms with E-state index in [-0.39, 0.29) is 12.0 Å². The summed E-state index contributed by atoms with van der Waals surface area (Å²) < 4.78 is 16.5. The second-order valence-electron chi connectivity index (χ2n) is 6.26. The molecule has 1 aromatic carbocycles. The Labute approximate surface area is 142 Å². The predicted octanol–water partition coefficient (Wildman–Crippen LogP) is 3.14. The first-order valence-corrected chi connectivity index (χ1v) is 8.16. The van der Waals surface area contributed by atoms with Crippen molar-refractivity contribution >= 4 is 7.12 Å². The quantitative estimate of drug-likeness (QED) is 0.855. The summed E-state index contributed by atoms with van der Waals surface area (Å²) in [5.41, 5.74) is 3.09. The Bertz CT molecular complexity index is 707. The molecular weight excluding hydrogens is 305 g/mol. The molecule has 0 bridgehead atoms. The van der Waals surface area contributed by atoms with Crippen molar-refractivity contribution in [1.82, 2.24) is 4.98 Å². The third-order valence-electron chi connectivity index (χ3n) is 4.07. The zero-order valence-corrected chi connectivity index (χ0v) is 14.2. The van der Waals surface area contributed by atoms with Crippen molar-refractivity contribution in [3.63, 3.8) is 0 Å². The summed E-state index contributed by atoms with van der Waals surface area (Å²) in [6.45, 7) is 4.50. The monoisotopic (exact) mass is 327 g/mol. The molecule has 1 atom stereocenters. The maximum Gasteiger partial charge on any atom is 0.454 e. The second-order valence-corrected chi connectivity index (χ2v) is 6.26. The minimum absolute atomic E-state index is 0.0655. The lowest BCUT2D eigenvalue weighted by atomic mass is 9.80. The van der Waals surface area contributed by atoms with Gasteiger partial charge in [0.05, 0.1) is 13.2 Å². The van der Waals surface area contributed by atoms with Crippen LogP contribution >= 0.6 is 0 Å². The van der Waals surface area contributed by atoms with Crippen molar-refractivity contribution in [2.75, 3.05) is 13.7 Å². The Morgan fingerprint density at radius 3 is 2.71 bits per heavy atom. The molecule has 1 fully saturated rings. The molecule has 1 aliphatic heterocycles. The van der Waals surface area contributed by atoms with E-state index in [1.165, 1.54) is 0 Å². The average Bonchev–Trinajstić information content (AvgIpc) is 3.01. The van der Waals surface area contributed by atoms with E-state index in [2.05, 4.69) is 11.1 Å². The molecule has 0 amide bonds. The van der Waals surface area contributed by atoms with E-state index in [0.29, 0.717) is 18.7 Å². The standard InChI is InChI=1S/C18H22BNO4/c1-12(2)24-18-7-13(4-5-17(18)22-3)14-6-15(10-20-9-14)16-8-19(21)23-11-16/h4-7,9-10,12,16,21H,8,11H2,1-3H3/t16-/m1/s1. The molecule has 1 aromatic heterocycles. The fourth-order valence-corrected chi connectivity index (χ4v) is 2.88. The van der Waals surface area contributed by atoms with E-state index in [9.17, 15) is 5.02 Å². The van der Waals surface area contributed by atoms with Gasteiger partial charge in [-0.15, -0.1) is 0 Å². The third-order valence-corrected chi connectivity index (χ3v) is 4.07. The van der Waals surface area contributed by atoms with Gasteiger partial charge in [0.2, 0.25) is 0 Å². The molecule has 6 heteroatoms. The molecule has 2 heterocycles. The molecule has 1 saturated heterocycles. The lowest BCUT2D eigenvalue weighted by Crippen LogP contribution is -2.07. The zero-order valence-electron chi connectivity index (χ0n) is 14.2. The van der Waals surface area contributed by atoms with Gasteiger partial charge < -0.3 is 19.2 Å². The van der Waals surface area contributed by atoms with E-state index in [0.717, 1.165) is 22.4 Å². The van der Waals surface area contributed by atoms with Crippen LogP contribution in [0.5, 0.6) is 11.5 Å². The highest BCUT2D eigenvalue weighted by Gasteiger charge is 2.30. The topological polar surface area (TPSA) is 60.8 Å². The van der Waals surface area contributed by atoms with Crippen molar-refractivity contribution in [2.24, 2.45) is 0 Å². The van der Waals surface area contributed by atoms with Crippen LogP contribution in [-0.4, -0.2) is 36.9 Å². The SMILES string of the molecule is COc1ccc(-c2cncc([C@H]3COB(O)C3)c2)cc1OC(C)C. The summed E-state index contributed by atoms with van der Waals surface area (Å²) in [6, 6.07) is 7.97. The maximum absolute atomic E-state index is 9.55. The van der Waals surface area contributed by atoms with Gasteiger partial charge >= 0.3 is 7.12 Å². The molecule has 1 aliphatic rings. The van der Waals surface area contributed by atoms with Crippen molar-refractivity contribution < 1.29 is 19.2 Å². The highest BCUT2D eigenvalue weighted by atomic mass is 16.5. The third kappa shape index (κ3) is 3.71. The second kappa shape index (κ2) is 7.24. The summed E-state index contributed by atoms with van der Waals surface area (Å²) in [4.78, 5) is 4.35. The molecule has 3 rings (SSSR count). The minimum Gasteiger partial charge on any atom is -0.493 e. The van der Waals surface area contributed by atoms with Gasteiger partial charge in [0.1, 0.15) is 0 Å². The van der Waals surface area contributed by atoms with Crippen LogP contribution < -0.4 is 9.47 Å². The van der Waals surface area contributed by atoms with Crippen LogP contribution in [-0.2, 0) is 4.65 Å². The molecule has 0 aliphatic carbocycles. The molecule has 0 unspecified atom stereocenters. The fraction of sp³-hybridized carbons (Fsp3) is 0.389. The van der Waals surface area contributed by atoms with Gasteiger partial charge in [-0.2, -0.15) is 0 Å². The van der Waals surface area contributed by atoms with Gasteiger partial charge in [-0.1, -0.05) is 6.07 Å². The molecule has 0 saturated carbocycles. The molecule has 126 valence electrons. The van der Waals surface area contributed by atoms with Crippen LogP contribution in [0.1, 0.15) is 25.3 Å². The molecule has 1 N–H and O–H groups in total. The van der Waals surface area contributed by atoms with Crippen LogP contribution in [0.25, 0.3) is 11.1 Å². The van der Waals surface area contributed by atoms with E-state index in [1.54, 1.807) is 7.11 Å². The number of methoxy groups -OCH3 is 1. The Morgan fingerprint density at radius 2 is 2.04 bits per heavy atom. The van der Waals surface area contributed by atoms with Gasteiger partial charge in [-0.25, -0.2) is 0 Å². The Hall–Kier alpha value is -2.05. The van der Waals surface area contributed by atoms with E-state index in [1.807, 2.05) is 44.4 Å². The summed E-state index contributed by atoms with van der Waals surface area (Å²) in [6.07, 6.45) is 4.34. The first-order chi connectivity index (χ1) is 11.6. The van der Waals surface area contributed by atoms with Crippen LogP contribution in [0.4, 0.5) is 0 Å².